The van der Waals surface area contributed by atoms with E-state index in [2.05, 4.69) is 10.3 Å². The van der Waals surface area contributed by atoms with Crippen molar-refractivity contribution in [3.63, 3.8) is 0 Å². The maximum Gasteiger partial charge on any atom is 0.264 e. The zero-order chi connectivity index (χ0) is 16.9. The molecular weight excluding hydrogens is 348 g/mol. The fraction of sp³-hybridized carbons (Fsp3) is 0.176. The second-order valence-corrected chi connectivity index (χ2v) is 6.26. The number of ether oxygens (including phenoxy) is 2. The Balaban J connectivity index is 1.67. The number of benzene rings is 2. The summed E-state index contributed by atoms with van der Waals surface area (Å²) in [5.74, 6) is 0.878. The van der Waals surface area contributed by atoms with Crippen LogP contribution in [0.3, 0.4) is 0 Å². The van der Waals surface area contributed by atoms with Crippen LogP contribution in [0.2, 0.25) is 5.02 Å². The summed E-state index contributed by atoms with van der Waals surface area (Å²) in [6.45, 7) is 2.34. The molecular formula is C17H15ClN2O3S. The number of amides is 1. The summed E-state index contributed by atoms with van der Waals surface area (Å²) in [7, 11) is 0. The Morgan fingerprint density at radius 1 is 1.17 bits per heavy atom. The van der Waals surface area contributed by atoms with Crippen LogP contribution in [0.5, 0.6) is 11.5 Å². The highest BCUT2D eigenvalue weighted by Crippen LogP contribution is 2.32. The zero-order valence-corrected chi connectivity index (χ0v) is 14.5. The minimum atomic E-state index is -0.299. The molecule has 0 aliphatic carbocycles. The Bertz CT molecular complexity index is 866. The molecule has 0 saturated carbocycles. The molecule has 5 nitrogen and oxygen atoms in total. The number of para-hydroxylation sites is 2. The van der Waals surface area contributed by atoms with Crippen molar-refractivity contribution in [1.29, 1.82) is 0 Å². The Labute approximate surface area is 148 Å². The lowest BCUT2D eigenvalue weighted by Crippen LogP contribution is -2.20. The quantitative estimate of drug-likeness (QED) is 0.707. The first kappa shape index (κ1) is 16.5. The van der Waals surface area contributed by atoms with Crippen LogP contribution in [0.4, 0.5) is 5.13 Å². The first-order chi connectivity index (χ1) is 11.7. The normalized spacial score (nSPS) is 10.6. The number of nitrogens with zero attached hydrogens (tertiary/aromatic N) is 1. The second-order valence-electron chi connectivity index (χ2n) is 4.82. The number of fused-ring (bicyclic) bond motifs is 1. The smallest absolute Gasteiger partial charge is 0.264 e. The predicted molar refractivity (Wildman–Crippen MR) is 96.4 cm³/mol. The van der Waals surface area contributed by atoms with E-state index in [1.165, 1.54) is 11.3 Å². The summed E-state index contributed by atoms with van der Waals surface area (Å²) in [5, 5.41) is 3.70. The number of hydrogen-bond acceptors (Lipinski definition) is 5. The first-order valence-corrected chi connectivity index (χ1v) is 8.56. The van der Waals surface area contributed by atoms with Crippen molar-refractivity contribution in [2.75, 3.05) is 18.5 Å². The third-order valence-corrected chi connectivity index (χ3v) is 4.37. The van der Waals surface area contributed by atoms with E-state index in [-0.39, 0.29) is 12.5 Å². The number of rotatable bonds is 6. The molecule has 0 spiro atoms. The molecule has 0 bridgehead atoms. The Morgan fingerprint density at radius 3 is 2.75 bits per heavy atom. The van der Waals surface area contributed by atoms with Gasteiger partial charge in [-0.25, -0.2) is 4.98 Å². The minimum absolute atomic E-state index is 0.141. The van der Waals surface area contributed by atoms with Crippen LogP contribution in [-0.4, -0.2) is 24.1 Å². The maximum atomic E-state index is 12.0. The van der Waals surface area contributed by atoms with Gasteiger partial charge in [-0.15, -0.1) is 0 Å². The van der Waals surface area contributed by atoms with Crippen LogP contribution in [-0.2, 0) is 4.79 Å². The predicted octanol–water partition coefficient (Wildman–Crippen LogP) is 4.37. The van der Waals surface area contributed by atoms with E-state index in [9.17, 15) is 4.79 Å². The Morgan fingerprint density at radius 2 is 1.96 bits per heavy atom. The van der Waals surface area contributed by atoms with Gasteiger partial charge in [0.25, 0.3) is 5.91 Å². The van der Waals surface area contributed by atoms with Crippen LogP contribution in [0.25, 0.3) is 10.2 Å². The molecule has 1 aromatic heterocycles. The molecule has 24 heavy (non-hydrogen) atoms. The van der Waals surface area contributed by atoms with Crippen molar-refractivity contribution in [2.45, 2.75) is 6.92 Å². The monoisotopic (exact) mass is 362 g/mol. The fourth-order valence-corrected chi connectivity index (χ4v) is 3.20. The molecule has 3 aromatic rings. The standard InChI is InChI=1S/C17H15ClN2O3S/c1-2-22-13-8-5-9-14-16(13)20-17(24-14)19-15(21)10-23-12-7-4-3-6-11(12)18/h3-9H,2,10H2,1H3,(H,19,20,21). The fourth-order valence-electron chi connectivity index (χ4n) is 2.11. The molecule has 0 fully saturated rings. The van der Waals surface area contributed by atoms with Crippen molar-refractivity contribution in [3.05, 3.63) is 47.5 Å². The number of thiazole rings is 1. The molecule has 1 amide bonds. The third-order valence-electron chi connectivity index (χ3n) is 3.12. The van der Waals surface area contributed by atoms with Crippen LogP contribution >= 0.6 is 22.9 Å². The van der Waals surface area contributed by atoms with Gasteiger partial charge in [0.15, 0.2) is 11.7 Å². The largest absolute Gasteiger partial charge is 0.492 e. The number of carbonyl (C=O) groups is 1. The van der Waals surface area contributed by atoms with Gasteiger partial charge in [-0.05, 0) is 31.2 Å². The summed E-state index contributed by atoms with van der Waals surface area (Å²) in [4.78, 5) is 16.5. The van der Waals surface area contributed by atoms with Gasteiger partial charge in [-0.1, -0.05) is 41.1 Å². The minimum Gasteiger partial charge on any atom is -0.492 e. The molecule has 0 unspecified atom stereocenters. The molecule has 0 saturated heterocycles. The van der Waals surface area contributed by atoms with Gasteiger partial charge >= 0.3 is 0 Å². The molecule has 0 radical (unpaired) electrons. The summed E-state index contributed by atoms with van der Waals surface area (Å²) >= 11 is 7.37. The van der Waals surface area contributed by atoms with E-state index in [0.717, 1.165) is 10.2 Å². The summed E-state index contributed by atoms with van der Waals surface area (Å²) < 4.78 is 11.9. The van der Waals surface area contributed by atoms with Crippen LogP contribution in [0.15, 0.2) is 42.5 Å². The lowest BCUT2D eigenvalue weighted by molar-refractivity contribution is -0.118. The van der Waals surface area contributed by atoms with E-state index in [1.54, 1.807) is 24.3 Å². The molecule has 1 heterocycles. The molecule has 7 heteroatoms. The van der Waals surface area contributed by atoms with Gasteiger partial charge in [0.2, 0.25) is 0 Å². The summed E-state index contributed by atoms with van der Waals surface area (Å²) in [5.41, 5.74) is 0.742. The number of anilines is 1. The molecule has 1 N–H and O–H groups in total. The Hall–Kier alpha value is -2.31. The average molecular weight is 363 g/mol. The molecule has 0 aliphatic rings. The number of carbonyl (C=O) groups excluding carboxylic acids is 1. The average Bonchev–Trinajstić information content (AvgIpc) is 2.98. The Kier molecular flexibility index (Phi) is 5.17. The van der Waals surface area contributed by atoms with Crippen molar-refractivity contribution >= 4 is 44.2 Å². The SMILES string of the molecule is CCOc1cccc2sc(NC(=O)COc3ccccc3Cl)nc12. The van der Waals surface area contributed by atoms with Crippen LogP contribution in [0, 0.1) is 0 Å². The van der Waals surface area contributed by atoms with Gasteiger partial charge in [0, 0.05) is 0 Å². The number of nitrogens with one attached hydrogen (secondary N) is 1. The molecule has 0 aliphatic heterocycles. The first-order valence-electron chi connectivity index (χ1n) is 7.37. The van der Waals surface area contributed by atoms with Gasteiger partial charge in [-0.2, -0.15) is 0 Å². The number of halogens is 1. The van der Waals surface area contributed by atoms with Crippen LogP contribution in [0.1, 0.15) is 6.92 Å². The summed E-state index contributed by atoms with van der Waals surface area (Å²) in [6, 6.07) is 12.7. The van der Waals surface area contributed by atoms with Crippen LogP contribution < -0.4 is 14.8 Å². The van der Waals surface area contributed by atoms with Gasteiger partial charge < -0.3 is 9.47 Å². The van der Waals surface area contributed by atoms with Gasteiger partial charge in [0.1, 0.15) is 17.0 Å². The van der Waals surface area contributed by atoms with E-state index in [4.69, 9.17) is 21.1 Å². The molecule has 124 valence electrons. The van der Waals surface area contributed by atoms with Crippen molar-refractivity contribution in [2.24, 2.45) is 0 Å². The van der Waals surface area contributed by atoms with E-state index < -0.39 is 0 Å². The topological polar surface area (TPSA) is 60.5 Å². The molecule has 3 rings (SSSR count). The third kappa shape index (κ3) is 3.77. The molecule has 0 atom stereocenters. The molecule has 2 aromatic carbocycles. The van der Waals surface area contributed by atoms with Crippen molar-refractivity contribution in [3.8, 4) is 11.5 Å². The van der Waals surface area contributed by atoms with E-state index in [1.807, 2.05) is 25.1 Å². The highest BCUT2D eigenvalue weighted by Gasteiger charge is 2.12. The lowest BCUT2D eigenvalue weighted by atomic mass is 10.3. The van der Waals surface area contributed by atoms with Gasteiger partial charge in [0.05, 0.1) is 16.3 Å². The van der Waals surface area contributed by atoms with Crippen molar-refractivity contribution < 1.29 is 14.3 Å². The van der Waals surface area contributed by atoms with Crippen molar-refractivity contribution in [1.82, 2.24) is 4.98 Å². The maximum absolute atomic E-state index is 12.0. The summed E-state index contributed by atoms with van der Waals surface area (Å²) in [6.07, 6.45) is 0. The number of hydrogen-bond donors (Lipinski definition) is 1. The number of aromatic nitrogens is 1. The zero-order valence-electron chi connectivity index (χ0n) is 12.9. The lowest BCUT2D eigenvalue weighted by Gasteiger charge is -2.06. The van der Waals surface area contributed by atoms with E-state index in [0.29, 0.717) is 28.3 Å². The second kappa shape index (κ2) is 7.51. The highest BCUT2D eigenvalue weighted by molar-refractivity contribution is 7.22. The van der Waals surface area contributed by atoms with Gasteiger partial charge in [-0.3, -0.25) is 10.1 Å². The van der Waals surface area contributed by atoms with E-state index >= 15 is 0 Å². The highest BCUT2D eigenvalue weighted by atomic mass is 35.5.